The number of carbonyl (C=O) groups excluding carboxylic acids is 1. The number of halogens is 1. The van der Waals surface area contributed by atoms with Crippen molar-refractivity contribution in [2.75, 3.05) is 18.4 Å². The molecule has 3 nitrogen and oxygen atoms in total. The van der Waals surface area contributed by atoms with Crippen molar-refractivity contribution in [1.82, 2.24) is 4.90 Å². The highest BCUT2D eigenvalue weighted by Gasteiger charge is 2.27. The van der Waals surface area contributed by atoms with Crippen molar-refractivity contribution in [3.63, 3.8) is 0 Å². The number of amides is 1. The van der Waals surface area contributed by atoms with Crippen LogP contribution in [0.3, 0.4) is 0 Å². The van der Waals surface area contributed by atoms with E-state index in [4.69, 9.17) is 4.74 Å². The van der Waals surface area contributed by atoms with Crippen molar-refractivity contribution in [3.05, 3.63) is 0 Å². The lowest BCUT2D eigenvalue weighted by Gasteiger charge is -2.34. The van der Waals surface area contributed by atoms with Crippen LogP contribution < -0.4 is 0 Å². The van der Waals surface area contributed by atoms with Gasteiger partial charge in [-0.15, -0.1) is 0 Å². The molecule has 1 unspecified atom stereocenters. The normalized spacial score (nSPS) is 19.7. The predicted octanol–water partition coefficient (Wildman–Crippen LogP) is 4.05. The molecule has 18 heavy (non-hydrogen) atoms. The second kappa shape index (κ2) is 6.78. The van der Waals surface area contributed by atoms with Crippen LogP contribution in [0.1, 0.15) is 47.0 Å². The van der Waals surface area contributed by atoms with Crippen LogP contribution in [0.5, 0.6) is 0 Å². The van der Waals surface area contributed by atoms with Gasteiger partial charge in [0.1, 0.15) is 5.60 Å². The molecule has 0 aliphatic carbocycles. The van der Waals surface area contributed by atoms with E-state index >= 15 is 0 Å². The molecule has 0 spiro atoms. The second-order valence-corrected chi connectivity index (χ2v) is 7.05. The van der Waals surface area contributed by atoms with Gasteiger partial charge in [0.25, 0.3) is 0 Å². The predicted molar refractivity (Wildman–Crippen MR) is 78.1 cm³/mol. The minimum Gasteiger partial charge on any atom is -0.444 e. The minimum absolute atomic E-state index is 0.158. The van der Waals surface area contributed by atoms with Crippen molar-refractivity contribution >= 4 is 22.0 Å². The molecule has 0 N–H and O–H groups in total. The summed E-state index contributed by atoms with van der Waals surface area (Å²) in [6.07, 6.45) is 3.31. The molecule has 0 aromatic carbocycles. The van der Waals surface area contributed by atoms with E-state index in [9.17, 15) is 4.79 Å². The Labute approximate surface area is 119 Å². The van der Waals surface area contributed by atoms with Crippen LogP contribution in [0.25, 0.3) is 0 Å². The highest BCUT2D eigenvalue weighted by atomic mass is 79.9. The molecule has 1 saturated heterocycles. The summed E-state index contributed by atoms with van der Waals surface area (Å²) < 4.78 is 5.39. The van der Waals surface area contributed by atoms with E-state index in [1.807, 2.05) is 25.7 Å². The van der Waals surface area contributed by atoms with Crippen molar-refractivity contribution in [2.45, 2.75) is 52.6 Å². The van der Waals surface area contributed by atoms with E-state index in [1.54, 1.807) is 0 Å². The number of hydrogen-bond acceptors (Lipinski definition) is 2. The first kappa shape index (κ1) is 15.8. The first-order valence-electron chi connectivity index (χ1n) is 6.85. The molecular weight excluding hydrogens is 294 g/mol. The van der Waals surface area contributed by atoms with E-state index < -0.39 is 5.60 Å². The highest BCUT2D eigenvalue weighted by molar-refractivity contribution is 9.09. The van der Waals surface area contributed by atoms with E-state index in [1.165, 1.54) is 6.42 Å². The zero-order valence-corrected chi connectivity index (χ0v) is 13.6. The number of alkyl halides is 1. The van der Waals surface area contributed by atoms with Gasteiger partial charge in [0.05, 0.1) is 0 Å². The fourth-order valence-electron chi connectivity index (χ4n) is 2.31. The Morgan fingerprint density at radius 1 is 1.39 bits per heavy atom. The third kappa shape index (κ3) is 5.59. The Morgan fingerprint density at radius 3 is 2.39 bits per heavy atom. The van der Waals surface area contributed by atoms with E-state index in [2.05, 4.69) is 22.9 Å². The van der Waals surface area contributed by atoms with Crippen LogP contribution in [-0.2, 0) is 4.74 Å². The molecule has 0 radical (unpaired) electrons. The number of nitrogens with zero attached hydrogens (tertiary/aromatic N) is 1. The van der Waals surface area contributed by atoms with Gasteiger partial charge in [-0.05, 0) is 51.9 Å². The third-order valence-electron chi connectivity index (χ3n) is 3.27. The monoisotopic (exact) mass is 319 g/mol. The lowest BCUT2D eigenvalue weighted by atomic mass is 9.89. The van der Waals surface area contributed by atoms with Crippen LogP contribution >= 0.6 is 15.9 Å². The van der Waals surface area contributed by atoms with Crippen molar-refractivity contribution < 1.29 is 9.53 Å². The molecule has 4 heteroatoms. The molecule has 1 aliphatic heterocycles. The number of hydrogen-bond donors (Lipinski definition) is 0. The number of likely N-dealkylation sites (tertiary alicyclic amines) is 1. The summed E-state index contributed by atoms with van der Waals surface area (Å²) in [5, 5.41) is 1.07. The van der Waals surface area contributed by atoms with Gasteiger partial charge in [-0.3, -0.25) is 0 Å². The topological polar surface area (TPSA) is 29.5 Å². The fourth-order valence-corrected chi connectivity index (χ4v) is 2.57. The van der Waals surface area contributed by atoms with E-state index in [0.29, 0.717) is 0 Å². The van der Waals surface area contributed by atoms with Gasteiger partial charge in [0.15, 0.2) is 0 Å². The van der Waals surface area contributed by atoms with Crippen LogP contribution in [0, 0.1) is 11.8 Å². The molecule has 106 valence electrons. The van der Waals surface area contributed by atoms with Crippen LogP contribution in [0.15, 0.2) is 0 Å². The van der Waals surface area contributed by atoms with Gasteiger partial charge >= 0.3 is 6.09 Å². The summed E-state index contributed by atoms with van der Waals surface area (Å²) in [7, 11) is 0. The molecule has 1 amide bonds. The Bertz CT molecular complexity index is 267. The van der Waals surface area contributed by atoms with Crippen molar-refractivity contribution in [1.29, 1.82) is 0 Å². The van der Waals surface area contributed by atoms with E-state index in [0.717, 1.165) is 43.1 Å². The fraction of sp³-hybridized carbons (Fsp3) is 0.929. The second-order valence-electron chi connectivity index (χ2n) is 6.41. The van der Waals surface area contributed by atoms with Gasteiger partial charge in [0.2, 0.25) is 0 Å². The maximum Gasteiger partial charge on any atom is 0.410 e. The molecule has 0 saturated carbocycles. The SMILES string of the molecule is CC(CBr)CC1CCN(C(=O)OC(C)(C)C)CC1. The average molecular weight is 320 g/mol. The Hall–Kier alpha value is -0.250. The average Bonchev–Trinajstić information content (AvgIpc) is 2.27. The number of rotatable bonds is 3. The first-order valence-corrected chi connectivity index (χ1v) is 7.98. The lowest BCUT2D eigenvalue weighted by Crippen LogP contribution is -2.41. The number of ether oxygens (including phenoxy) is 1. The standard InChI is InChI=1S/C14H26BrNO2/c1-11(10-15)9-12-5-7-16(8-6-12)13(17)18-14(2,3)4/h11-12H,5-10H2,1-4H3. The summed E-state index contributed by atoms with van der Waals surface area (Å²) in [5.41, 5.74) is -0.390. The zero-order chi connectivity index (χ0) is 13.8. The summed E-state index contributed by atoms with van der Waals surface area (Å²) in [5.74, 6) is 1.49. The van der Waals surface area contributed by atoms with Gasteiger partial charge in [-0.2, -0.15) is 0 Å². The molecule has 1 heterocycles. The van der Waals surface area contributed by atoms with Gasteiger partial charge < -0.3 is 9.64 Å². The summed E-state index contributed by atoms with van der Waals surface area (Å²) in [4.78, 5) is 13.7. The molecule has 0 aromatic rings. The molecular formula is C14H26BrNO2. The van der Waals surface area contributed by atoms with E-state index in [-0.39, 0.29) is 6.09 Å². The Morgan fingerprint density at radius 2 is 1.94 bits per heavy atom. The van der Waals surface area contributed by atoms with Crippen LogP contribution in [-0.4, -0.2) is 35.0 Å². The summed E-state index contributed by atoms with van der Waals surface area (Å²) in [6.45, 7) is 9.69. The van der Waals surface area contributed by atoms with Crippen molar-refractivity contribution in [3.8, 4) is 0 Å². The molecule has 1 atom stereocenters. The molecule has 0 aromatic heterocycles. The van der Waals surface area contributed by atoms with Gasteiger partial charge in [0, 0.05) is 18.4 Å². The Balaban J connectivity index is 2.33. The summed E-state index contributed by atoms with van der Waals surface area (Å²) >= 11 is 3.53. The number of carbonyl (C=O) groups is 1. The molecule has 1 fully saturated rings. The molecule has 1 rings (SSSR count). The van der Waals surface area contributed by atoms with Gasteiger partial charge in [-0.25, -0.2) is 4.79 Å². The van der Waals surface area contributed by atoms with Gasteiger partial charge in [-0.1, -0.05) is 22.9 Å². The summed E-state index contributed by atoms with van der Waals surface area (Å²) in [6, 6.07) is 0. The Kier molecular flexibility index (Phi) is 5.96. The van der Waals surface area contributed by atoms with Crippen molar-refractivity contribution in [2.24, 2.45) is 11.8 Å². The quantitative estimate of drug-likeness (QED) is 0.734. The maximum atomic E-state index is 11.9. The lowest BCUT2D eigenvalue weighted by molar-refractivity contribution is 0.0177. The highest BCUT2D eigenvalue weighted by Crippen LogP contribution is 2.25. The maximum absolute atomic E-state index is 11.9. The number of piperidine rings is 1. The third-order valence-corrected chi connectivity index (χ3v) is 4.37. The van der Waals surface area contributed by atoms with Crippen LogP contribution in [0.2, 0.25) is 0 Å². The first-order chi connectivity index (χ1) is 8.31. The molecule has 1 aliphatic rings. The largest absolute Gasteiger partial charge is 0.444 e. The molecule has 0 bridgehead atoms. The van der Waals surface area contributed by atoms with Crippen LogP contribution in [0.4, 0.5) is 4.79 Å². The zero-order valence-electron chi connectivity index (χ0n) is 12.0. The minimum atomic E-state index is -0.390. The smallest absolute Gasteiger partial charge is 0.410 e.